The molecule has 0 N–H and O–H groups in total. The molecule has 0 aromatic rings. The van der Waals surface area contributed by atoms with Crippen molar-refractivity contribution in [2.24, 2.45) is 5.41 Å². The molecule has 0 nitrogen and oxygen atoms in total. The molecule has 2 rings (SSSR count). The standard InChI is InChI=1S/C17H32/c1-2-6-10-14-17(13-9-5-1)15-11-7-3-4-8-12-16-17/h1-16H2. The Labute approximate surface area is 109 Å². The van der Waals surface area contributed by atoms with E-state index in [1.165, 1.54) is 77.0 Å². The molecule has 0 amide bonds. The minimum Gasteiger partial charge on any atom is -0.0533 e. The fraction of sp³-hybridized carbons (Fsp3) is 1.00. The zero-order valence-electron chi connectivity index (χ0n) is 11.8. The van der Waals surface area contributed by atoms with Crippen LogP contribution in [0.1, 0.15) is 103 Å². The summed E-state index contributed by atoms with van der Waals surface area (Å²) >= 11 is 0. The maximum atomic E-state index is 1.56. The number of hydrogen-bond acceptors (Lipinski definition) is 0. The lowest BCUT2D eigenvalue weighted by Gasteiger charge is -2.34. The Hall–Kier alpha value is 0. The van der Waals surface area contributed by atoms with Crippen molar-refractivity contribution in [1.82, 2.24) is 0 Å². The zero-order valence-corrected chi connectivity index (χ0v) is 11.8. The van der Waals surface area contributed by atoms with Gasteiger partial charge in [0.1, 0.15) is 0 Å². The van der Waals surface area contributed by atoms with Crippen molar-refractivity contribution < 1.29 is 0 Å². The van der Waals surface area contributed by atoms with Crippen LogP contribution in [-0.4, -0.2) is 0 Å². The van der Waals surface area contributed by atoms with Crippen LogP contribution in [0.3, 0.4) is 0 Å². The predicted octanol–water partition coefficient (Wildman–Crippen LogP) is 6.24. The lowest BCUT2D eigenvalue weighted by molar-refractivity contribution is 0.182. The molecule has 0 aliphatic heterocycles. The van der Waals surface area contributed by atoms with Crippen LogP contribution in [0.15, 0.2) is 0 Å². The van der Waals surface area contributed by atoms with Crippen molar-refractivity contribution in [3.8, 4) is 0 Å². The first-order valence-electron chi connectivity index (χ1n) is 8.41. The second-order valence-electron chi connectivity index (χ2n) is 6.74. The van der Waals surface area contributed by atoms with Gasteiger partial charge in [0.05, 0.1) is 0 Å². The first-order valence-corrected chi connectivity index (χ1v) is 8.41. The largest absolute Gasteiger partial charge is 0.0533 e. The average Bonchev–Trinajstić information content (AvgIpc) is 2.52. The van der Waals surface area contributed by atoms with E-state index in [1.54, 1.807) is 25.7 Å². The number of hydrogen-bond donors (Lipinski definition) is 0. The first-order chi connectivity index (χ1) is 8.41. The van der Waals surface area contributed by atoms with Gasteiger partial charge in [-0.2, -0.15) is 0 Å². The maximum absolute atomic E-state index is 1.56. The summed E-state index contributed by atoms with van der Waals surface area (Å²) in [6.07, 6.45) is 24.5. The van der Waals surface area contributed by atoms with Crippen LogP contribution in [0.5, 0.6) is 0 Å². The van der Waals surface area contributed by atoms with Crippen LogP contribution in [0.25, 0.3) is 0 Å². The summed E-state index contributed by atoms with van der Waals surface area (Å²) in [6.45, 7) is 0. The molecule has 2 aliphatic rings. The molecule has 0 heteroatoms. The Balaban J connectivity index is 1.93. The smallest absolute Gasteiger partial charge is 0.0297 e. The van der Waals surface area contributed by atoms with E-state index < -0.39 is 0 Å². The Morgan fingerprint density at radius 3 is 0.824 bits per heavy atom. The van der Waals surface area contributed by atoms with Crippen molar-refractivity contribution in [3.05, 3.63) is 0 Å². The lowest BCUT2D eigenvalue weighted by Crippen LogP contribution is -2.20. The summed E-state index contributed by atoms with van der Waals surface area (Å²) in [6, 6.07) is 0. The molecule has 0 saturated heterocycles. The number of rotatable bonds is 0. The van der Waals surface area contributed by atoms with Crippen molar-refractivity contribution >= 4 is 0 Å². The van der Waals surface area contributed by atoms with Crippen LogP contribution >= 0.6 is 0 Å². The molecule has 0 aromatic heterocycles. The van der Waals surface area contributed by atoms with Gasteiger partial charge in [-0.05, 0) is 31.1 Å². The molecule has 17 heavy (non-hydrogen) atoms. The van der Waals surface area contributed by atoms with Crippen molar-refractivity contribution in [2.75, 3.05) is 0 Å². The van der Waals surface area contributed by atoms with E-state index in [-0.39, 0.29) is 0 Å². The predicted molar refractivity (Wildman–Crippen MR) is 76.3 cm³/mol. The van der Waals surface area contributed by atoms with Crippen molar-refractivity contribution in [3.63, 3.8) is 0 Å². The summed E-state index contributed by atoms with van der Waals surface area (Å²) in [5.74, 6) is 0. The van der Waals surface area contributed by atoms with Gasteiger partial charge in [0.15, 0.2) is 0 Å². The highest BCUT2D eigenvalue weighted by atomic mass is 14.3. The molecular formula is C17H32. The molecule has 0 bridgehead atoms. The van der Waals surface area contributed by atoms with E-state index in [4.69, 9.17) is 0 Å². The van der Waals surface area contributed by atoms with Crippen LogP contribution < -0.4 is 0 Å². The summed E-state index contributed by atoms with van der Waals surface area (Å²) < 4.78 is 0. The van der Waals surface area contributed by atoms with Crippen LogP contribution in [-0.2, 0) is 0 Å². The van der Waals surface area contributed by atoms with E-state index in [9.17, 15) is 0 Å². The highest BCUT2D eigenvalue weighted by Gasteiger charge is 2.29. The van der Waals surface area contributed by atoms with E-state index in [0.717, 1.165) is 5.41 Å². The molecule has 0 unspecified atom stereocenters. The normalized spacial score (nSPS) is 28.2. The Morgan fingerprint density at radius 1 is 0.294 bits per heavy atom. The topological polar surface area (TPSA) is 0 Å². The van der Waals surface area contributed by atoms with Gasteiger partial charge in [-0.25, -0.2) is 0 Å². The highest BCUT2D eigenvalue weighted by Crippen LogP contribution is 2.43. The van der Waals surface area contributed by atoms with E-state index in [0.29, 0.717) is 0 Å². The minimum atomic E-state index is 0.786. The second-order valence-corrected chi connectivity index (χ2v) is 6.74. The van der Waals surface area contributed by atoms with Crippen molar-refractivity contribution in [2.45, 2.75) is 103 Å². The fourth-order valence-corrected chi connectivity index (χ4v) is 4.16. The van der Waals surface area contributed by atoms with Crippen LogP contribution in [0, 0.1) is 5.41 Å². The third-order valence-corrected chi connectivity index (χ3v) is 5.33. The summed E-state index contributed by atoms with van der Waals surface area (Å²) in [5, 5.41) is 0. The van der Waals surface area contributed by atoms with Gasteiger partial charge in [0, 0.05) is 0 Å². The molecule has 0 heterocycles. The Bertz CT molecular complexity index is 149. The molecular weight excluding hydrogens is 204 g/mol. The second kappa shape index (κ2) is 7.44. The van der Waals surface area contributed by atoms with Gasteiger partial charge in [-0.1, -0.05) is 77.0 Å². The Kier molecular flexibility index (Phi) is 5.88. The molecule has 1 spiro atoms. The van der Waals surface area contributed by atoms with Crippen LogP contribution in [0.4, 0.5) is 0 Å². The summed E-state index contributed by atoms with van der Waals surface area (Å²) in [5.41, 5.74) is 0.786. The molecule has 0 aromatic carbocycles. The molecule has 2 fully saturated rings. The molecule has 0 atom stereocenters. The third-order valence-electron chi connectivity index (χ3n) is 5.33. The quantitative estimate of drug-likeness (QED) is 0.467. The maximum Gasteiger partial charge on any atom is -0.0297 e. The Morgan fingerprint density at radius 2 is 0.529 bits per heavy atom. The van der Waals surface area contributed by atoms with E-state index in [2.05, 4.69) is 0 Å². The zero-order chi connectivity index (χ0) is 11.8. The average molecular weight is 236 g/mol. The van der Waals surface area contributed by atoms with Gasteiger partial charge in [-0.3, -0.25) is 0 Å². The summed E-state index contributed by atoms with van der Waals surface area (Å²) in [4.78, 5) is 0. The van der Waals surface area contributed by atoms with Gasteiger partial charge < -0.3 is 0 Å². The lowest BCUT2D eigenvalue weighted by atomic mass is 9.71. The van der Waals surface area contributed by atoms with Gasteiger partial charge >= 0.3 is 0 Å². The molecule has 0 radical (unpaired) electrons. The van der Waals surface area contributed by atoms with Crippen molar-refractivity contribution in [1.29, 1.82) is 0 Å². The molecule has 2 saturated carbocycles. The SMILES string of the molecule is C1CCCCC2(CCC1)CCCCCCCC2. The van der Waals surface area contributed by atoms with Gasteiger partial charge in [0.2, 0.25) is 0 Å². The molecule has 2 aliphatic carbocycles. The minimum absolute atomic E-state index is 0.786. The van der Waals surface area contributed by atoms with Crippen LogP contribution in [0.2, 0.25) is 0 Å². The first kappa shape index (κ1) is 13.4. The van der Waals surface area contributed by atoms with E-state index >= 15 is 0 Å². The van der Waals surface area contributed by atoms with E-state index in [1.807, 2.05) is 0 Å². The highest BCUT2D eigenvalue weighted by molar-refractivity contribution is 4.81. The fourth-order valence-electron chi connectivity index (χ4n) is 4.16. The molecule has 100 valence electrons. The third kappa shape index (κ3) is 4.64. The summed E-state index contributed by atoms with van der Waals surface area (Å²) in [7, 11) is 0. The van der Waals surface area contributed by atoms with Gasteiger partial charge in [0.25, 0.3) is 0 Å². The van der Waals surface area contributed by atoms with Gasteiger partial charge in [-0.15, -0.1) is 0 Å². The monoisotopic (exact) mass is 236 g/mol.